The Bertz CT molecular complexity index is 510. The van der Waals surface area contributed by atoms with E-state index in [-0.39, 0.29) is 11.9 Å². The number of hydrogen-bond acceptors (Lipinski definition) is 3. The molecular weight excluding hydrogens is 333 g/mol. The number of benzene rings is 1. The molecule has 3 unspecified atom stereocenters. The van der Waals surface area contributed by atoms with Gasteiger partial charge in [-0.2, -0.15) is 0 Å². The van der Waals surface area contributed by atoms with Crippen molar-refractivity contribution in [2.45, 2.75) is 37.4 Å². The summed E-state index contributed by atoms with van der Waals surface area (Å²) < 4.78 is 15.1. The van der Waals surface area contributed by atoms with Gasteiger partial charge in [-0.25, -0.2) is 4.39 Å². The molecule has 3 nitrogen and oxygen atoms in total. The average Bonchev–Trinajstić information content (AvgIpc) is 2.70. The van der Waals surface area contributed by atoms with Crippen LogP contribution in [0.5, 0.6) is 0 Å². The van der Waals surface area contributed by atoms with Gasteiger partial charge in [-0.3, -0.25) is 9.80 Å². The molecule has 2 saturated heterocycles. The van der Waals surface area contributed by atoms with Crippen molar-refractivity contribution in [3.05, 3.63) is 34.1 Å². The van der Waals surface area contributed by atoms with E-state index in [1.165, 1.54) is 18.9 Å². The maximum Gasteiger partial charge on any atom is 0.128 e. The maximum absolute atomic E-state index is 14.2. The van der Waals surface area contributed by atoms with E-state index in [0.29, 0.717) is 24.2 Å². The van der Waals surface area contributed by atoms with Gasteiger partial charge >= 0.3 is 0 Å². The van der Waals surface area contributed by atoms with Gasteiger partial charge in [0.05, 0.1) is 0 Å². The van der Waals surface area contributed by atoms with Crippen LogP contribution in [0, 0.1) is 5.82 Å². The molecule has 5 heteroatoms. The zero-order valence-electron chi connectivity index (χ0n) is 12.4. The number of likely N-dealkylation sites (tertiary alicyclic amines) is 1. The van der Waals surface area contributed by atoms with E-state index in [1.807, 2.05) is 6.07 Å². The summed E-state index contributed by atoms with van der Waals surface area (Å²) in [6.07, 6.45) is 3.70. The molecule has 0 aliphatic carbocycles. The third-order valence-corrected chi connectivity index (χ3v) is 5.65. The summed E-state index contributed by atoms with van der Waals surface area (Å²) in [5.41, 5.74) is 6.72. The zero-order chi connectivity index (χ0) is 15.0. The van der Waals surface area contributed by atoms with Crippen molar-refractivity contribution < 1.29 is 4.39 Å². The minimum absolute atomic E-state index is 0.0322. The van der Waals surface area contributed by atoms with Gasteiger partial charge in [0.2, 0.25) is 0 Å². The third-order valence-electron chi connectivity index (χ3n) is 5.16. The van der Waals surface area contributed by atoms with Gasteiger partial charge in [0.1, 0.15) is 5.82 Å². The summed E-state index contributed by atoms with van der Waals surface area (Å²) in [4.78, 5) is 4.88. The fourth-order valence-electron chi connectivity index (χ4n) is 3.86. The zero-order valence-corrected chi connectivity index (χ0v) is 14.0. The molecule has 21 heavy (non-hydrogen) atoms. The van der Waals surface area contributed by atoms with E-state index in [0.717, 1.165) is 24.0 Å². The molecule has 1 aromatic carbocycles. The lowest BCUT2D eigenvalue weighted by Gasteiger charge is -2.33. The van der Waals surface area contributed by atoms with Crippen molar-refractivity contribution in [3.63, 3.8) is 0 Å². The lowest BCUT2D eigenvalue weighted by molar-refractivity contribution is 0.172. The van der Waals surface area contributed by atoms with Crippen LogP contribution in [-0.2, 0) is 0 Å². The molecule has 0 saturated carbocycles. The topological polar surface area (TPSA) is 32.5 Å². The van der Waals surface area contributed by atoms with Gasteiger partial charge in [0.15, 0.2) is 0 Å². The molecule has 2 fully saturated rings. The second-order valence-corrected chi connectivity index (χ2v) is 7.17. The minimum atomic E-state index is -0.156. The molecule has 2 bridgehead atoms. The highest BCUT2D eigenvalue weighted by Gasteiger charge is 2.37. The van der Waals surface area contributed by atoms with Gasteiger partial charge in [-0.1, -0.05) is 15.9 Å². The van der Waals surface area contributed by atoms with Crippen LogP contribution in [0.3, 0.4) is 0 Å². The van der Waals surface area contributed by atoms with E-state index < -0.39 is 0 Å². The van der Waals surface area contributed by atoms with Crippen LogP contribution in [0.15, 0.2) is 22.7 Å². The van der Waals surface area contributed by atoms with E-state index in [9.17, 15) is 4.39 Å². The second-order valence-electron chi connectivity index (χ2n) is 6.25. The molecule has 3 atom stereocenters. The predicted molar refractivity (Wildman–Crippen MR) is 86.7 cm³/mol. The van der Waals surface area contributed by atoms with Crippen LogP contribution in [0.2, 0.25) is 0 Å². The fraction of sp³-hybridized carbons (Fsp3) is 0.625. The van der Waals surface area contributed by atoms with Crippen LogP contribution in [-0.4, -0.2) is 48.6 Å². The van der Waals surface area contributed by atoms with E-state index >= 15 is 0 Å². The van der Waals surface area contributed by atoms with Crippen molar-refractivity contribution in [1.29, 1.82) is 0 Å². The van der Waals surface area contributed by atoms with Crippen molar-refractivity contribution in [1.82, 2.24) is 9.80 Å². The highest BCUT2D eigenvalue weighted by molar-refractivity contribution is 9.10. The number of halogens is 2. The highest BCUT2D eigenvalue weighted by atomic mass is 79.9. The van der Waals surface area contributed by atoms with Crippen LogP contribution in [0.1, 0.15) is 30.9 Å². The molecule has 3 rings (SSSR count). The lowest BCUT2D eigenvalue weighted by atomic mass is 10.0. The third kappa shape index (κ3) is 3.02. The van der Waals surface area contributed by atoms with E-state index in [4.69, 9.17) is 5.73 Å². The normalized spacial score (nSPS) is 28.6. The molecule has 2 N–H and O–H groups in total. The molecule has 2 aliphatic rings. The lowest BCUT2D eigenvalue weighted by Crippen LogP contribution is -2.41. The monoisotopic (exact) mass is 355 g/mol. The van der Waals surface area contributed by atoms with Gasteiger partial charge < -0.3 is 5.73 Å². The Morgan fingerprint density at radius 2 is 2.10 bits per heavy atom. The van der Waals surface area contributed by atoms with Crippen molar-refractivity contribution in [3.8, 4) is 0 Å². The molecular formula is C16H23BrFN3. The number of nitrogens with two attached hydrogens (primary N) is 1. The minimum Gasteiger partial charge on any atom is -0.329 e. The second kappa shape index (κ2) is 6.32. The SMILES string of the molecule is CN1C2CCC1CN(C(CN)c1cc(Br)ccc1F)CC2. The molecule has 0 aromatic heterocycles. The first kappa shape index (κ1) is 15.4. The van der Waals surface area contributed by atoms with Gasteiger partial charge in [-0.15, -0.1) is 0 Å². The summed E-state index contributed by atoms with van der Waals surface area (Å²) in [6, 6.07) is 6.38. The van der Waals surface area contributed by atoms with Crippen LogP contribution in [0.4, 0.5) is 4.39 Å². The van der Waals surface area contributed by atoms with Crippen LogP contribution >= 0.6 is 15.9 Å². The first-order chi connectivity index (χ1) is 10.1. The largest absolute Gasteiger partial charge is 0.329 e. The summed E-state index contributed by atoms with van der Waals surface area (Å²) in [7, 11) is 2.23. The summed E-state index contributed by atoms with van der Waals surface area (Å²) in [5, 5.41) is 0. The number of nitrogens with zero attached hydrogens (tertiary/aromatic N) is 2. The predicted octanol–water partition coefficient (Wildman–Crippen LogP) is 2.76. The standard InChI is InChI=1S/C16H23BrFN3/c1-20-12-3-4-13(20)10-21(7-6-12)16(9-19)14-8-11(17)2-5-15(14)18/h2,5,8,12-13,16H,3-4,6-7,9-10,19H2,1H3. The molecule has 116 valence electrons. The molecule has 0 amide bonds. The Hall–Kier alpha value is -0.490. The summed E-state index contributed by atoms with van der Waals surface area (Å²) in [5.74, 6) is -0.156. The number of rotatable bonds is 3. The summed E-state index contributed by atoms with van der Waals surface area (Å²) in [6.45, 7) is 2.44. The molecule has 2 heterocycles. The van der Waals surface area contributed by atoms with Crippen LogP contribution in [0.25, 0.3) is 0 Å². The molecule has 0 spiro atoms. The Morgan fingerprint density at radius 3 is 2.86 bits per heavy atom. The molecule has 2 aliphatic heterocycles. The number of likely N-dealkylation sites (N-methyl/N-ethyl adjacent to an activating group) is 1. The Morgan fingerprint density at radius 1 is 1.33 bits per heavy atom. The average molecular weight is 356 g/mol. The van der Waals surface area contributed by atoms with E-state index in [2.05, 4.69) is 32.8 Å². The molecule has 1 aromatic rings. The maximum atomic E-state index is 14.2. The van der Waals surface area contributed by atoms with Gasteiger partial charge in [-0.05, 0) is 44.5 Å². The smallest absolute Gasteiger partial charge is 0.128 e. The van der Waals surface area contributed by atoms with Crippen molar-refractivity contribution in [2.24, 2.45) is 5.73 Å². The van der Waals surface area contributed by atoms with Crippen LogP contribution < -0.4 is 5.73 Å². The fourth-order valence-corrected chi connectivity index (χ4v) is 4.24. The van der Waals surface area contributed by atoms with Gasteiger partial charge in [0, 0.05) is 47.8 Å². The number of fused-ring (bicyclic) bond motifs is 2. The molecule has 0 radical (unpaired) electrons. The first-order valence-corrected chi connectivity index (χ1v) is 8.50. The highest BCUT2D eigenvalue weighted by Crippen LogP contribution is 2.33. The van der Waals surface area contributed by atoms with E-state index in [1.54, 1.807) is 6.07 Å². The quantitative estimate of drug-likeness (QED) is 0.904. The first-order valence-electron chi connectivity index (χ1n) is 7.71. The van der Waals surface area contributed by atoms with Crippen molar-refractivity contribution in [2.75, 3.05) is 26.7 Å². The Kier molecular flexibility index (Phi) is 4.64. The Balaban J connectivity index is 1.84. The van der Waals surface area contributed by atoms with Gasteiger partial charge in [0.25, 0.3) is 0 Å². The Labute approximate surface area is 134 Å². The number of hydrogen-bond donors (Lipinski definition) is 1. The van der Waals surface area contributed by atoms with Crippen molar-refractivity contribution >= 4 is 15.9 Å². The summed E-state index contributed by atoms with van der Waals surface area (Å²) >= 11 is 3.44.